The Bertz CT molecular complexity index is 778. The van der Waals surface area contributed by atoms with Crippen LogP contribution in [0.25, 0.3) is 6.08 Å². The average Bonchev–Trinajstić information content (AvgIpc) is 2.98. The molecule has 1 aromatic heterocycles. The van der Waals surface area contributed by atoms with E-state index < -0.39 is 17.8 Å². The van der Waals surface area contributed by atoms with Gasteiger partial charge in [-0.3, -0.25) is 14.9 Å². The smallest absolute Gasteiger partial charge is 0.335 e. The number of carbonyl (C=O) groups is 3. The summed E-state index contributed by atoms with van der Waals surface area (Å²) in [4.78, 5) is 37.2. The monoisotopic (exact) mass is 316 g/mol. The molecule has 0 atom stereocenters. The van der Waals surface area contributed by atoms with E-state index in [0.717, 1.165) is 4.90 Å². The summed E-state index contributed by atoms with van der Waals surface area (Å²) >= 11 is 5.79. The number of barbiturate groups is 1. The molecule has 0 unspecified atom stereocenters. The topological polar surface area (TPSA) is 79.6 Å². The number of halogens is 1. The van der Waals surface area contributed by atoms with Crippen LogP contribution in [0.15, 0.2) is 52.8 Å². The summed E-state index contributed by atoms with van der Waals surface area (Å²) in [7, 11) is 0. The Kier molecular flexibility index (Phi) is 3.52. The van der Waals surface area contributed by atoms with E-state index in [1.54, 1.807) is 18.2 Å². The molecule has 1 aliphatic heterocycles. The Morgan fingerprint density at radius 2 is 1.82 bits per heavy atom. The van der Waals surface area contributed by atoms with Gasteiger partial charge >= 0.3 is 6.03 Å². The normalized spacial score (nSPS) is 17.0. The van der Waals surface area contributed by atoms with Gasteiger partial charge in [-0.2, -0.15) is 0 Å². The van der Waals surface area contributed by atoms with Crippen molar-refractivity contribution in [2.24, 2.45) is 0 Å². The SMILES string of the molecule is O=C1NC(=O)N(c2ccc(Cl)cc2)C(=O)/C1=C\c1ccoc1. The summed E-state index contributed by atoms with van der Waals surface area (Å²) in [6, 6.07) is 6.93. The molecular formula is C15H9ClN2O4. The number of nitrogens with zero attached hydrogens (tertiary/aromatic N) is 1. The van der Waals surface area contributed by atoms with Crippen LogP contribution in [-0.2, 0) is 9.59 Å². The number of amides is 4. The molecule has 1 N–H and O–H groups in total. The lowest BCUT2D eigenvalue weighted by atomic mass is 10.1. The molecule has 1 saturated heterocycles. The maximum absolute atomic E-state index is 12.5. The Labute approximate surface area is 130 Å². The first-order valence-corrected chi connectivity index (χ1v) is 6.63. The van der Waals surface area contributed by atoms with Gasteiger partial charge in [0, 0.05) is 10.6 Å². The molecule has 2 heterocycles. The van der Waals surface area contributed by atoms with E-state index in [4.69, 9.17) is 16.0 Å². The summed E-state index contributed by atoms with van der Waals surface area (Å²) in [5.74, 6) is -1.46. The lowest BCUT2D eigenvalue weighted by Gasteiger charge is -2.26. The highest BCUT2D eigenvalue weighted by Gasteiger charge is 2.36. The third-order valence-electron chi connectivity index (χ3n) is 3.04. The molecule has 0 saturated carbocycles. The van der Waals surface area contributed by atoms with Crippen molar-refractivity contribution in [2.75, 3.05) is 4.90 Å². The number of benzene rings is 1. The first-order valence-electron chi connectivity index (χ1n) is 6.25. The van der Waals surface area contributed by atoms with Gasteiger partial charge in [0.1, 0.15) is 5.57 Å². The van der Waals surface area contributed by atoms with Crippen molar-refractivity contribution in [3.63, 3.8) is 0 Å². The van der Waals surface area contributed by atoms with Crippen LogP contribution in [0.4, 0.5) is 10.5 Å². The number of rotatable bonds is 2. The molecule has 1 aliphatic rings. The predicted octanol–water partition coefficient (Wildman–Crippen LogP) is 2.60. The molecular weight excluding hydrogens is 308 g/mol. The highest BCUT2D eigenvalue weighted by Crippen LogP contribution is 2.23. The van der Waals surface area contributed by atoms with E-state index >= 15 is 0 Å². The fourth-order valence-corrected chi connectivity index (χ4v) is 2.13. The highest BCUT2D eigenvalue weighted by molar-refractivity contribution is 6.39. The zero-order chi connectivity index (χ0) is 15.7. The number of furan rings is 1. The number of carbonyl (C=O) groups excluding carboxylic acids is 3. The van der Waals surface area contributed by atoms with E-state index in [0.29, 0.717) is 16.3 Å². The lowest BCUT2D eigenvalue weighted by molar-refractivity contribution is -0.122. The molecule has 0 aliphatic carbocycles. The van der Waals surface area contributed by atoms with Gasteiger partial charge in [0.15, 0.2) is 0 Å². The number of hydrogen-bond donors (Lipinski definition) is 1. The third-order valence-corrected chi connectivity index (χ3v) is 3.29. The molecule has 0 bridgehead atoms. The summed E-state index contributed by atoms with van der Waals surface area (Å²) < 4.78 is 4.89. The maximum Gasteiger partial charge on any atom is 0.335 e. The standard InChI is InChI=1S/C15H9ClN2O4/c16-10-1-3-11(4-2-10)18-14(20)12(13(19)17-15(18)21)7-9-5-6-22-8-9/h1-8H,(H,17,19,21)/b12-7-. The minimum absolute atomic E-state index is 0.157. The van der Waals surface area contributed by atoms with E-state index in [2.05, 4.69) is 5.32 Å². The molecule has 2 aromatic rings. The van der Waals surface area contributed by atoms with E-state index in [9.17, 15) is 14.4 Å². The van der Waals surface area contributed by atoms with Crippen molar-refractivity contribution in [1.82, 2.24) is 5.32 Å². The second kappa shape index (κ2) is 5.50. The minimum atomic E-state index is -0.804. The predicted molar refractivity (Wildman–Crippen MR) is 79.2 cm³/mol. The van der Waals surface area contributed by atoms with Crippen molar-refractivity contribution >= 4 is 41.2 Å². The van der Waals surface area contributed by atoms with Gasteiger partial charge < -0.3 is 4.42 Å². The number of anilines is 1. The van der Waals surface area contributed by atoms with Gasteiger partial charge in [-0.15, -0.1) is 0 Å². The largest absolute Gasteiger partial charge is 0.472 e. The lowest BCUT2D eigenvalue weighted by Crippen LogP contribution is -2.54. The number of imide groups is 2. The molecule has 3 rings (SSSR count). The molecule has 0 spiro atoms. The summed E-state index contributed by atoms with van der Waals surface area (Å²) in [6.45, 7) is 0. The number of hydrogen-bond acceptors (Lipinski definition) is 4. The van der Waals surface area contributed by atoms with Crippen molar-refractivity contribution in [3.05, 3.63) is 59.0 Å². The molecule has 1 fully saturated rings. The van der Waals surface area contributed by atoms with E-state index in [-0.39, 0.29) is 5.57 Å². The molecule has 4 amide bonds. The van der Waals surface area contributed by atoms with Crippen LogP contribution in [0.5, 0.6) is 0 Å². The van der Waals surface area contributed by atoms with Crippen molar-refractivity contribution in [2.45, 2.75) is 0 Å². The first-order chi connectivity index (χ1) is 10.6. The summed E-state index contributed by atoms with van der Waals surface area (Å²) in [5.41, 5.74) is 0.706. The zero-order valence-corrected chi connectivity index (χ0v) is 11.8. The third kappa shape index (κ3) is 2.51. The quantitative estimate of drug-likeness (QED) is 0.682. The fourth-order valence-electron chi connectivity index (χ4n) is 2.01. The van der Waals surface area contributed by atoms with Gasteiger partial charge in [0.05, 0.1) is 18.2 Å². The number of urea groups is 1. The minimum Gasteiger partial charge on any atom is -0.472 e. The molecule has 6 nitrogen and oxygen atoms in total. The van der Waals surface area contributed by atoms with Gasteiger partial charge in [-0.1, -0.05) is 11.6 Å². The van der Waals surface area contributed by atoms with Gasteiger partial charge in [-0.05, 0) is 36.4 Å². The molecule has 1 aromatic carbocycles. The van der Waals surface area contributed by atoms with Crippen LogP contribution in [-0.4, -0.2) is 17.8 Å². The van der Waals surface area contributed by atoms with Crippen molar-refractivity contribution in [3.8, 4) is 0 Å². The summed E-state index contributed by atoms with van der Waals surface area (Å²) in [6.07, 6.45) is 4.16. The van der Waals surface area contributed by atoms with Crippen LogP contribution in [0, 0.1) is 0 Å². The maximum atomic E-state index is 12.5. The van der Waals surface area contributed by atoms with Crippen molar-refractivity contribution < 1.29 is 18.8 Å². The Morgan fingerprint density at radius 3 is 2.45 bits per heavy atom. The average molecular weight is 317 g/mol. The van der Waals surface area contributed by atoms with E-state index in [1.807, 2.05) is 0 Å². The van der Waals surface area contributed by atoms with Gasteiger partial charge in [0.2, 0.25) is 0 Å². The Balaban J connectivity index is 2.01. The van der Waals surface area contributed by atoms with Crippen LogP contribution in [0.3, 0.4) is 0 Å². The number of nitrogens with one attached hydrogen (secondary N) is 1. The fraction of sp³-hybridized carbons (Fsp3) is 0. The van der Waals surface area contributed by atoms with Crippen LogP contribution >= 0.6 is 11.6 Å². The second-order valence-electron chi connectivity index (χ2n) is 4.49. The summed E-state index contributed by atoms with van der Waals surface area (Å²) in [5, 5.41) is 2.60. The molecule has 7 heteroatoms. The van der Waals surface area contributed by atoms with Gasteiger partial charge in [0.25, 0.3) is 11.8 Å². The van der Waals surface area contributed by atoms with Crippen LogP contribution < -0.4 is 10.2 Å². The van der Waals surface area contributed by atoms with Crippen molar-refractivity contribution in [1.29, 1.82) is 0 Å². The Hall–Kier alpha value is -2.86. The van der Waals surface area contributed by atoms with Gasteiger partial charge in [-0.25, -0.2) is 9.69 Å². The van der Waals surface area contributed by atoms with Crippen LogP contribution in [0.1, 0.15) is 5.56 Å². The highest BCUT2D eigenvalue weighted by atomic mass is 35.5. The zero-order valence-electron chi connectivity index (χ0n) is 11.1. The van der Waals surface area contributed by atoms with Crippen LogP contribution in [0.2, 0.25) is 5.02 Å². The van der Waals surface area contributed by atoms with E-state index in [1.165, 1.54) is 30.7 Å². The first kappa shape index (κ1) is 14.1. The second-order valence-corrected chi connectivity index (χ2v) is 4.93. The molecule has 110 valence electrons. The Morgan fingerprint density at radius 1 is 1.09 bits per heavy atom. The molecule has 0 radical (unpaired) electrons. The molecule has 22 heavy (non-hydrogen) atoms.